The first-order chi connectivity index (χ1) is 11.3. The lowest BCUT2D eigenvalue weighted by atomic mass is 10.1. The smallest absolute Gasteiger partial charge is 0.244 e. The molecule has 0 atom stereocenters. The Balaban J connectivity index is 1.81. The van der Waals surface area contributed by atoms with Gasteiger partial charge in [-0.1, -0.05) is 35.9 Å². The molecule has 2 aromatic carbocycles. The summed E-state index contributed by atoms with van der Waals surface area (Å²) < 4.78 is 22.3. The van der Waals surface area contributed by atoms with Crippen molar-refractivity contribution in [3.63, 3.8) is 0 Å². The molecule has 126 valence electrons. The SMILES string of the molecule is NS(=O)(=O)c1ccc(CCNC(=O)/C=C/c2ccc(Cl)cc2)cc1. The fourth-order valence-corrected chi connectivity index (χ4v) is 2.62. The van der Waals surface area contributed by atoms with Gasteiger partial charge in [0.2, 0.25) is 15.9 Å². The predicted molar refractivity (Wildman–Crippen MR) is 95.0 cm³/mol. The van der Waals surface area contributed by atoms with Crippen LogP contribution < -0.4 is 10.5 Å². The van der Waals surface area contributed by atoms with Crippen molar-refractivity contribution in [1.29, 1.82) is 0 Å². The summed E-state index contributed by atoms with van der Waals surface area (Å²) >= 11 is 5.79. The number of primary sulfonamides is 1. The fraction of sp³-hybridized carbons (Fsp3) is 0.118. The van der Waals surface area contributed by atoms with E-state index in [4.69, 9.17) is 16.7 Å². The fourth-order valence-electron chi connectivity index (χ4n) is 1.98. The summed E-state index contributed by atoms with van der Waals surface area (Å²) in [5, 5.41) is 8.44. The number of amides is 1. The van der Waals surface area contributed by atoms with E-state index in [9.17, 15) is 13.2 Å². The Hall–Kier alpha value is -2.15. The molecule has 0 spiro atoms. The van der Waals surface area contributed by atoms with Crippen LogP contribution in [-0.4, -0.2) is 20.9 Å². The minimum absolute atomic E-state index is 0.0705. The number of carbonyl (C=O) groups is 1. The lowest BCUT2D eigenvalue weighted by molar-refractivity contribution is -0.116. The van der Waals surface area contributed by atoms with E-state index in [2.05, 4.69) is 5.32 Å². The number of nitrogens with two attached hydrogens (primary N) is 1. The summed E-state index contributed by atoms with van der Waals surface area (Å²) in [6.07, 6.45) is 3.74. The first-order valence-electron chi connectivity index (χ1n) is 7.18. The second-order valence-corrected chi connectivity index (χ2v) is 7.11. The molecule has 0 bridgehead atoms. The van der Waals surface area contributed by atoms with Crippen molar-refractivity contribution in [2.45, 2.75) is 11.3 Å². The maximum Gasteiger partial charge on any atom is 0.244 e. The molecule has 0 aliphatic carbocycles. The highest BCUT2D eigenvalue weighted by Crippen LogP contribution is 2.11. The molecule has 7 heteroatoms. The summed E-state index contributed by atoms with van der Waals surface area (Å²) in [5.41, 5.74) is 1.79. The zero-order valence-electron chi connectivity index (χ0n) is 12.8. The van der Waals surface area contributed by atoms with Crippen LogP contribution in [0.1, 0.15) is 11.1 Å². The molecule has 0 aromatic heterocycles. The summed E-state index contributed by atoms with van der Waals surface area (Å²) in [6.45, 7) is 0.443. The van der Waals surface area contributed by atoms with E-state index in [0.717, 1.165) is 11.1 Å². The first-order valence-corrected chi connectivity index (χ1v) is 9.10. The molecule has 24 heavy (non-hydrogen) atoms. The van der Waals surface area contributed by atoms with Crippen LogP contribution in [-0.2, 0) is 21.2 Å². The standard InChI is InChI=1S/C17H17ClN2O3S/c18-15-6-1-13(2-7-15)5-10-17(21)20-12-11-14-3-8-16(9-4-14)24(19,22)23/h1-10H,11-12H2,(H,20,21)(H2,19,22,23)/b10-5+. The molecule has 0 heterocycles. The van der Waals surface area contributed by atoms with Gasteiger partial charge in [0.1, 0.15) is 0 Å². The number of sulfonamides is 1. The first kappa shape index (κ1) is 18.2. The average molecular weight is 365 g/mol. The van der Waals surface area contributed by atoms with Gasteiger partial charge in [-0.2, -0.15) is 0 Å². The van der Waals surface area contributed by atoms with Crippen molar-refractivity contribution in [3.8, 4) is 0 Å². The number of carbonyl (C=O) groups excluding carboxylic acids is 1. The third-order valence-electron chi connectivity index (χ3n) is 3.26. The van der Waals surface area contributed by atoms with Gasteiger partial charge in [0.15, 0.2) is 0 Å². The number of benzene rings is 2. The molecular weight excluding hydrogens is 348 g/mol. The summed E-state index contributed by atoms with van der Waals surface area (Å²) in [5.74, 6) is -0.203. The van der Waals surface area contributed by atoms with E-state index in [0.29, 0.717) is 18.0 Å². The van der Waals surface area contributed by atoms with Gasteiger partial charge in [-0.3, -0.25) is 4.79 Å². The molecular formula is C17H17ClN2O3S. The molecule has 0 saturated heterocycles. The van der Waals surface area contributed by atoms with Crippen LogP contribution in [0.3, 0.4) is 0 Å². The van der Waals surface area contributed by atoms with Crippen molar-refractivity contribution in [1.82, 2.24) is 5.32 Å². The second-order valence-electron chi connectivity index (χ2n) is 5.11. The molecule has 2 aromatic rings. The van der Waals surface area contributed by atoms with E-state index in [1.807, 2.05) is 12.1 Å². The molecule has 0 fully saturated rings. The van der Waals surface area contributed by atoms with Gasteiger partial charge in [-0.15, -0.1) is 0 Å². The Bertz CT molecular complexity index is 829. The molecule has 2 rings (SSSR count). The molecule has 0 saturated carbocycles. The van der Waals surface area contributed by atoms with Gasteiger partial charge in [-0.05, 0) is 47.9 Å². The maximum absolute atomic E-state index is 11.7. The van der Waals surface area contributed by atoms with Crippen LogP contribution >= 0.6 is 11.6 Å². The van der Waals surface area contributed by atoms with Crippen molar-refractivity contribution in [3.05, 3.63) is 70.8 Å². The van der Waals surface area contributed by atoms with Crippen molar-refractivity contribution in [2.75, 3.05) is 6.54 Å². The van der Waals surface area contributed by atoms with E-state index in [1.165, 1.54) is 18.2 Å². The molecule has 0 aliphatic heterocycles. The third-order valence-corrected chi connectivity index (χ3v) is 4.44. The normalized spacial score (nSPS) is 11.6. The largest absolute Gasteiger partial charge is 0.352 e. The van der Waals surface area contributed by atoms with Gasteiger partial charge < -0.3 is 5.32 Å². The van der Waals surface area contributed by atoms with Gasteiger partial charge in [0.05, 0.1) is 4.90 Å². The Morgan fingerprint density at radius 1 is 1.08 bits per heavy atom. The van der Waals surface area contributed by atoms with Gasteiger partial charge in [-0.25, -0.2) is 13.6 Å². The number of halogens is 1. The van der Waals surface area contributed by atoms with E-state index < -0.39 is 10.0 Å². The maximum atomic E-state index is 11.7. The average Bonchev–Trinajstić information content (AvgIpc) is 2.54. The summed E-state index contributed by atoms with van der Waals surface area (Å²) in [4.78, 5) is 11.8. The quantitative estimate of drug-likeness (QED) is 0.771. The molecule has 0 aliphatic rings. The van der Waals surface area contributed by atoms with Crippen molar-refractivity contribution < 1.29 is 13.2 Å². The van der Waals surface area contributed by atoms with Crippen LogP contribution in [0.5, 0.6) is 0 Å². The highest BCUT2D eigenvalue weighted by atomic mass is 35.5. The predicted octanol–water partition coefficient (Wildman–Crippen LogP) is 2.36. The monoisotopic (exact) mass is 364 g/mol. The third kappa shape index (κ3) is 5.81. The Kier molecular flexibility index (Phi) is 6.14. The Morgan fingerprint density at radius 2 is 1.71 bits per heavy atom. The number of hydrogen-bond donors (Lipinski definition) is 2. The summed E-state index contributed by atoms with van der Waals surface area (Å²) in [7, 11) is -3.68. The van der Waals surface area contributed by atoms with E-state index >= 15 is 0 Å². The topological polar surface area (TPSA) is 89.3 Å². The van der Waals surface area contributed by atoms with Crippen molar-refractivity contribution in [2.24, 2.45) is 5.14 Å². The Labute approximate surface area is 146 Å². The van der Waals surface area contributed by atoms with Crippen LogP contribution in [0.4, 0.5) is 0 Å². The molecule has 0 unspecified atom stereocenters. The molecule has 3 N–H and O–H groups in total. The lowest BCUT2D eigenvalue weighted by Crippen LogP contribution is -2.23. The van der Waals surface area contributed by atoms with Crippen LogP contribution in [0.15, 0.2) is 59.5 Å². The second kappa shape index (κ2) is 8.10. The van der Waals surface area contributed by atoms with E-state index in [1.54, 1.807) is 30.3 Å². The van der Waals surface area contributed by atoms with Gasteiger partial charge in [0, 0.05) is 17.6 Å². The lowest BCUT2D eigenvalue weighted by Gasteiger charge is -2.04. The van der Waals surface area contributed by atoms with Crippen molar-refractivity contribution >= 4 is 33.6 Å². The minimum Gasteiger partial charge on any atom is -0.352 e. The van der Waals surface area contributed by atoms with Gasteiger partial charge >= 0.3 is 0 Å². The van der Waals surface area contributed by atoms with E-state index in [-0.39, 0.29) is 10.8 Å². The summed E-state index contributed by atoms with van der Waals surface area (Å²) in [6, 6.07) is 13.4. The zero-order chi connectivity index (χ0) is 17.6. The molecule has 0 radical (unpaired) electrons. The van der Waals surface area contributed by atoms with Crippen LogP contribution in [0.2, 0.25) is 5.02 Å². The Morgan fingerprint density at radius 3 is 2.29 bits per heavy atom. The highest BCUT2D eigenvalue weighted by molar-refractivity contribution is 7.89. The zero-order valence-corrected chi connectivity index (χ0v) is 14.3. The van der Waals surface area contributed by atoms with Crippen LogP contribution in [0.25, 0.3) is 6.08 Å². The number of hydrogen-bond acceptors (Lipinski definition) is 3. The highest BCUT2D eigenvalue weighted by Gasteiger charge is 2.06. The molecule has 1 amide bonds. The minimum atomic E-state index is -3.68. The number of nitrogens with one attached hydrogen (secondary N) is 1. The van der Waals surface area contributed by atoms with Crippen LogP contribution in [0, 0.1) is 0 Å². The number of rotatable bonds is 6. The molecule has 5 nitrogen and oxygen atoms in total. The van der Waals surface area contributed by atoms with Gasteiger partial charge in [0.25, 0.3) is 0 Å².